The second-order valence-electron chi connectivity index (χ2n) is 3.86. The first kappa shape index (κ1) is 13.5. The van der Waals surface area contributed by atoms with E-state index in [1.54, 1.807) is 18.3 Å². The summed E-state index contributed by atoms with van der Waals surface area (Å²) < 4.78 is 0.754. The minimum atomic E-state index is -0.184. The molecule has 2 N–H and O–H groups in total. The number of carbonyl (C=O) groups is 1. The lowest BCUT2D eigenvalue weighted by molar-refractivity contribution is 0.102. The van der Waals surface area contributed by atoms with Crippen LogP contribution in [0.25, 0.3) is 0 Å². The van der Waals surface area contributed by atoms with Crippen molar-refractivity contribution in [3.05, 3.63) is 52.6 Å². The monoisotopic (exact) mass is 319 g/mol. The van der Waals surface area contributed by atoms with Crippen molar-refractivity contribution in [2.24, 2.45) is 0 Å². The highest BCUT2D eigenvalue weighted by Gasteiger charge is 2.12. The quantitative estimate of drug-likeness (QED) is 0.906. The highest BCUT2D eigenvalue weighted by atomic mass is 79.9. The van der Waals surface area contributed by atoms with E-state index in [2.05, 4.69) is 31.5 Å². The van der Waals surface area contributed by atoms with Gasteiger partial charge in [-0.1, -0.05) is 12.1 Å². The summed E-state index contributed by atoms with van der Waals surface area (Å²) in [5.74, 6) is 0.328. The molecule has 1 aromatic heterocycles. The van der Waals surface area contributed by atoms with Gasteiger partial charge in [0.15, 0.2) is 0 Å². The number of pyridine rings is 1. The molecule has 0 atom stereocenters. The van der Waals surface area contributed by atoms with Crippen LogP contribution >= 0.6 is 15.9 Å². The zero-order chi connectivity index (χ0) is 13.7. The summed E-state index contributed by atoms with van der Waals surface area (Å²) in [6.07, 6.45) is 1.64. The lowest BCUT2D eigenvalue weighted by Crippen LogP contribution is -2.15. The van der Waals surface area contributed by atoms with Crippen LogP contribution in [0.4, 0.5) is 11.5 Å². The summed E-state index contributed by atoms with van der Waals surface area (Å²) in [6, 6.07) is 11.0. The molecule has 2 aromatic rings. The standard InChI is InChI=1S/C14H14BrN3O/c1-2-16-12-8-4-3-6-10(12)14(19)18-13-11(15)7-5-9-17-13/h3-9,16H,2H2,1H3,(H,17,18,19). The molecule has 0 saturated carbocycles. The number of anilines is 2. The van der Waals surface area contributed by atoms with Gasteiger partial charge < -0.3 is 10.6 Å². The second kappa shape index (κ2) is 6.33. The van der Waals surface area contributed by atoms with Gasteiger partial charge in [-0.2, -0.15) is 0 Å². The Morgan fingerprint density at radius 1 is 1.26 bits per heavy atom. The Bertz CT molecular complexity index is 586. The zero-order valence-corrected chi connectivity index (χ0v) is 12.1. The molecule has 0 aliphatic heterocycles. The Morgan fingerprint density at radius 2 is 2.05 bits per heavy atom. The number of para-hydroxylation sites is 1. The first-order valence-corrected chi connectivity index (χ1v) is 6.76. The van der Waals surface area contributed by atoms with Crippen molar-refractivity contribution in [3.63, 3.8) is 0 Å². The van der Waals surface area contributed by atoms with E-state index in [0.717, 1.165) is 16.7 Å². The maximum Gasteiger partial charge on any atom is 0.258 e. The topological polar surface area (TPSA) is 54.0 Å². The number of rotatable bonds is 4. The number of benzene rings is 1. The summed E-state index contributed by atoms with van der Waals surface area (Å²) >= 11 is 3.35. The van der Waals surface area contributed by atoms with Crippen molar-refractivity contribution in [1.29, 1.82) is 0 Å². The Balaban J connectivity index is 2.23. The first-order chi connectivity index (χ1) is 9.22. The van der Waals surface area contributed by atoms with Gasteiger partial charge in [-0.3, -0.25) is 4.79 Å². The Hall–Kier alpha value is -1.88. The van der Waals surface area contributed by atoms with Gasteiger partial charge in [-0.05, 0) is 47.1 Å². The van der Waals surface area contributed by atoms with Crippen LogP contribution < -0.4 is 10.6 Å². The maximum absolute atomic E-state index is 12.3. The average molecular weight is 320 g/mol. The predicted octanol–water partition coefficient (Wildman–Crippen LogP) is 3.53. The first-order valence-electron chi connectivity index (χ1n) is 5.97. The fourth-order valence-electron chi connectivity index (χ4n) is 1.68. The van der Waals surface area contributed by atoms with Crippen molar-refractivity contribution in [3.8, 4) is 0 Å². The molecule has 19 heavy (non-hydrogen) atoms. The van der Waals surface area contributed by atoms with Crippen molar-refractivity contribution in [1.82, 2.24) is 4.98 Å². The molecule has 1 aromatic carbocycles. The SMILES string of the molecule is CCNc1ccccc1C(=O)Nc1ncccc1Br. The molecular weight excluding hydrogens is 306 g/mol. The predicted molar refractivity (Wildman–Crippen MR) is 80.5 cm³/mol. The van der Waals surface area contributed by atoms with Gasteiger partial charge in [0.05, 0.1) is 10.0 Å². The fourth-order valence-corrected chi connectivity index (χ4v) is 2.03. The summed E-state index contributed by atoms with van der Waals surface area (Å²) in [6.45, 7) is 2.75. The molecule has 1 amide bonds. The van der Waals surface area contributed by atoms with E-state index < -0.39 is 0 Å². The summed E-state index contributed by atoms with van der Waals surface area (Å²) in [5.41, 5.74) is 1.41. The third-order valence-electron chi connectivity index (χ3n) is 2.53. The number of halogens is 1. The zero-order valence-electron chi connectivity index (χ0n) is 10.5. The van der Waals surface area contributed by atoms with Gasteiger partial charge in [-0.15, -0.1) is 0 Å². The molecule has 0 spiro atoms. The van der Waals surface area contributed by atoms with Crippen molar-refractivity contribution in [2.45, 2.75) is 6.92 Å². The molecule has 1 heterocycles. The van der Waals surface area contributed by atoms with E-state index >= 15 is 0 Å². The Kier molecular flexibility index (Phi) is 4.52. The summed E-state index contributed by atoms with van der Waals surface area (Å²) in [7, 11) is 0. The minimum Gasteiger partial charge on any atom is -0.385 e. The number of amides is 1. The molecule has 0 aliphatic carbocycles. The number of hydrogen-bond donors (Lipinski definition) is 2. The second-order valence-corrected chi connectivity index (χ2v) is 4.72. The lowest BCUT2D eigenvalue weighted by Gasteiger charge is -2.11. The third kappa shape index (κ3) is 3.32. The van der Waals surface area contributed by atoms with Crippen LogP contribution in [0.3, 0.4) is 0 Å². The summed E-state index contributed by atoms with van der Waals surface area (Å²) in [5, 5.41) is 5.95. The van der Waals surface area contributed by atoms with Gasteiger partial charge in [0, 0.05) is 18.4 Å². The van der Waals surface area contributed by atoms with Gasteiger partial charge in [0.25, 0.3) is 5.91 Å². The van der Waals surface area contributed by atoms with Gasteiger partial charge in [0.2, 0.25) is 0 Å². The van der Waals surface area contributed by atoms with E-state index in [-0.39, 0.29) is 5.91 Å². The highest BCUT2D eigenvalue weighted by molar-refractivity contribution is 9.10. The van der Waals surface area contributed by atoms with Crippen LogP contribution in [-0.4, -0.2) is 17.4 Å². The number of carbonyl (C=O) groups excluding carboxylic acids is 1. The molecule has 0 unspecified atom stereocenters. The average Bonchev–Trinajstić information content (AvgIpc) is 2.42. The van der Waals surface area contributed by atoms with Gasteiger partial charge >= 0.3 is 0 Å². The highest BCUT2D eigenvalue weighted by Crippen LogP contribution is 2.21. The van der Waals surface area contributed by atoms with E-state index in [1.165, 1.54) is 0 Å². The molecule has 2 rings (SSSR count). The van der Waals surface area contributed by atoms with Crippen LogP contribution in [-0.2, 0) is 0 Å². The van der Waals surface area contributed by atoms with Gasteiger partial charge in [-0.25, -0.2) is 4.98 Å². The van der Waals surface area contributed by atoms with E-state index in [4.69, 9.17) is 0 Å². The van der Waals surface area contributed by atoms with Crippen LogP contribution in [0, 0.1) is 0 Å². The molecule has 5 heteroatoms. The molecule has 4 nitrogen and oxygen atoms in total. The van der Waals surface area contributed by atoms with E-state index in [1.807, 2.05) is 31.2 Å². The fraction of sp³-hybridized carbons (Fsp3) is 0.143. The number of nitrogens with zero attached hydrogens (tertiary/aromatic N) is 1. The Morgan fingerprint density at radius 3 is 2.79 bits per heavy atom. The van der Waals surface area contributed by atoms with Gasteiger partial charge in [0.1, 0.15) is 5.82 Å². The Labute approximate surface area is 120 Å². The van der Waals surface area contributed by atoms with Crippen molar-refractivity contribution in [2.75, 3.05) is 17.2 Å². The molecule has 98 valence electrons. The molecule has 0 fully saturated rings. The molecular formula is C14H14BrN3O. The normalized spacial score (nSPS) is 10.0. The van der Waals surface area contributed by atoms with Crippen molar-refractivity contribution < 1.29 is 4.79 Å². The van der Waals surface area contributed by atoms with Crippen LogP contribution in [0.15, 0.2) is 47.1 Å². The molecule has 0 saturated heterocycles. The number of aromatic nitrogens is 1. The van der Waals surface area contributed by atoms with Crippen LogP contribution in [0.2, 0.25) is 0 Å². The number of hydrogen-bond acceptors (Lipinski definition) is 3. The molecule has 0 radical (unpaired) electrons. The van der Waals surface area contributed by atoms with E-state index in [9.17, 15) is 4.79 Å². The molecule has 0 bridgehead atoms. The van der Waals surface area contributed by atoms with Crippen LogP contribution in [0.1, 0.15) is 17.3 Å². The van der Waals surface area contributed by atoms with E-state index in [0.29, 0.717) is 11.4 Å². The summed E-state index contributed by atoms with van der Waals surface area (Å²) in [4.78, 5) is 16.4. The van der Waals surface area contributed by atoms with Crippen LogP contribution in [0.5, 0.6) is 0 Å². The minimum absolute atomic E-state index is 0.184. The third-order valence-corrected chi connectivity index (χ3v) is 3.17. The van der Waals surface area contributed by atoms with Crippen molar-refractivity contribution >= 4 is 33.3 Å². The largest absolute Gasteiger partial charge is 0.385 e. The number of nitrogens with one attached hydrogen (secondary N) is 2. The maximum atomic E-state index is 12.3. The molecule has 0 aliphatic rings. The smallest absolute Gasteiger partial charge is 0.258 e. The lowest BCUT2D eigenvalue weighted by atomic mass is 10.1.